The van der Waals surface area contributed by atoms with Crippen molar-refractivity contribution < 1.29 is 4.39 Å². The van der Waals surface area contributed by atoms with Crippen molar-refractivity contribution in [2.45, 2.75) is 0 Å². The Bertz CT molecular complexity index is 663. The third-order valence-corrected chi connectivity index (χ3v) is 3.56. The van der Waals surface area contributed by atoms with E-state index < -0.39 is 5.82 Å². The van der Waals surface area contributed by atoms with Crippen LogP contribution in [0.2, 0.25) is 10.0 Å². The fourth-order valence-electron chi connectivity index (χ4n) is 1.51. The Hall–Kier alpha value is -1.28. The predicted molar refractivity (Wildman–Crippen MR) is 78.6 cm³/mol. The van der Waals surface area contributed by atoms with Crippen LogP contribution in [0.1, 0.15) is 5.56 Å². The number of nitrogens with one attached hydrogen (secondary N) is 1. The van der Waals surface area contributed by atoms with Gasteiger partial charge < -0.3 is 5.32 Å². The highest BCUT2D eigenvalue weighted by atomic mass is 79.9. The van der Waals surface area contributed by atoms with Gasteiger partial charge in [-0.15, -0.1) is 0 Å². The number of halogens is 4. The molecule has 0 saturated heterocycles. The first-order valence-electron chi connectivity index (χ1n) is 5.12. The number of hydrogen-bond acceptors (Lipinski definition) is 2. The number of nitrogens with zero attached hydrogens (tertiary/aromatic N) is 1. The van der Waals surface area contributed by atoms with E-state index in [9.17, 15) is 4.39 Å². The van der Waals surface area contributed by atoms with E-state index >= 15 is 0 Å². The Kier molecular flexibility index (Phi) is 4.31. The van der Waals surface area contributed by atoms with E-state index in [0.717, 1.165) is 0 Å². The lowest BCUT2D eigenvalue weighted by atomic mass is 10.2. The fourth-order valence-corrected chi connectivity index (χ4v) is 2.47. The molecule has 0 amide bonds. The summed E-state index contributed by atoms with van der Waals surface area (Å²) < 4.78 is 14.1. The van der Waals surface area contributed by atoms with Crippen molar-refractivity contribution in [2.24, 2.45) is 0 Å². The van der Waals surface area contributed by atoms with Crippen LogP contribution in [0.5, 0.6) is 0 Å². The fraction of sp³-hybridized carbons (Fsp3) is 0. The van der Waals surface area contributed by atoms with Crippen LogP contribution in [-0.4, -0.2) is 0 Å². The van der Waals surface area contributed by atoms with Crippen molar-refractivity contribution in [3.05, 3.63) is 56.2 Å². The normalized spacial score (nSPS) is 10.1. The van der Waals surface area contributed by atoms with Crippen LogP contribution in [0.4, 0.5) is 15.8 Å². The summed E-state index contributed by atoms with van der Waals surface area (Å²) in [5, 5.41) is 12.6. The summed E-state index contributed by atoms with van der Waals surface area (Å²) in [5.74, 6) is -0.546. The SMILES string of the molecule is N#Cc1ccc(Nc2cc(Cl)cc(Cl)c2)c(F)c1Br. The molecular weight excluding hydrogens is 354 g/mol. The van der Waals surface area contributed by atoms with Gasteiger partial charge in [-0.2, -0.15) is 5.26 Å². The average Bonchev–Trinajstić information content (AvgIpc) is 2.34. The van der Waals surface area contributed by atoms with E-state index in [1.807, 2.05) is 6.07 Å². The second kappa shape index (κ2) is 5.79. The topological polar surface area (TPSA) is 35.8 Å². The average molecular weight is 360 g/mol. The van der Waals surface area contributed by atoms with Gasteiger partial charge in [0.25, 0.3) is 0 Å². The summed E-state index contributed by atoms with van der Waals surface area (Å²) >= 11 is 14.8. The zero-order chi connectivity index (χ0) is 14.0. The first-order chi connectivity index (χ1) is 9.01. The molecule has 0 heterocycles. The minimum Gasteiger partial charge on any atom is -0.353 e. The Labute approximate surface area is 127 Å². The van der Waals surface area contributed by atoms with Crippen molar-refractivity contribution in [1.29, 1.82) is 5.26 Å². The maximum Gasteiger partial charge on any atom is 0.162 e. The molecule has 6 heteroatoms. The van der Waals surface area contributed by atoms with E-state index in [1.54, 1.807) is 18.2 Å². The van der Waals surface area contributed by atoms with E-state index in [-0.39, 0.29) is 15.7 Å². The molecule has 0 saturated carbocycles. The lowest BCUT2D eigenvalue weighted by Crippen LogP contribution is -1.96. The second-order valence-corrected chi connectivity index (χ2v) is 5.35. The van der Waals surface area contributed by atoms with Gasteiger partial charge in [-0.1, -0.05) is 23.2 Å². The molecule has 0 radical (unpaired) electrons. The number of anilines is 2. The maximum absolute atomic E-state index is 14.0. The van der Waals surface area contributed by atoms with E-state index in [0.29, 0.717) is 15.7 Å². The Morgan fingerprint density at radius 3 is 2.37 bits per heavy atom. The molecule has 0 aromatic heterocycles. The predicted octanol–water partition coefficient (Wildman–Crippen LogP) is 5.51. The van der Waals surface area contributed by atoms with Gasteiger partial charge in [-0.05, 0) is 46.3 Å². The third kappa shape index (κ3) is 3.19. The van der Waals surface area contributed by atoms with Crippen molar-refractivity contribution >= 4 is 50.5 Å². The summed E-state index contributed by atoms with van der Waals surface area (Å²) in [5.41, 5.74) is 1.02. The summed E-state index contributed by atoms with van der Waals surface area (Å²) in [4.78, 5) is 0. The quantitative estimate of drug-likeness (QED) is 0.767. The van der Waals surface area contributed by atoms with Crippen molar-refractivity contribution in [3.63, 3.8) is 0 Å². The summed E-state index contributed by atoms with van der Waals surface area (Å²) in [6.45, 7) is 0. The monoisotopic (exact) mass is 358 g/mol. The van der Waals surface area contributed by atoms with Crippen LogP contribution >= 0.6 is 39.1 Å². The standard InChI is InChI=1S/C13H6BrCl2FN2/c14-12-7(6-18)1-2-11(13(12)17)19-10-4-8(15)3-9(16)5-10/h1-5,19H. The van der Waals surface area contributed by atoms with Gasteiger partial charge in [-0.3, -0.25) is 0 Å². The maximum atomic E-state index is 14.0. The van der Waals surface area contributed by atoms with Gasteiger partial charge in [0, 0.05) is 15.7 Å². The largest absolute Gasteiger partial charge is 0.353 e. The molecule has 0 spiro atoms. The van der Waals surface area contributed by atoms with Crippen molar-refractivity contribution in [3.8, 4) is 6.07 Å². The zero-order valence-corrected chi connectivity index (χ0v) is 12.4. The highest BCUT2D eigenvalue weighted by Crippen LogP contribution is 2.30. The van der Waals surface area contributed by atoms with Gasteiger partial charge >= 0.3 is 0 Å². The number of rotatable bonds is 2. The van der Waals surface area contributed by atoms with Gasteiger partial charge in [0.15, 0.2) is 5.82 Å². The van der Waals surface area contributed by atoms with Crippen molar-refractivity contribution in [1.82, 2.24) is 0 Å². The lowest BCUT2D eigenvalue weighted by molar-refractivity contribution is 0.624. The minimum absolute atomic E-state index is 0.119. The lowest BCUT2D eigenvalue weighted by Gasteiger charge is -2.10. The summed E-state index contributed by atoms with van der Waals surface area (Å²) in [6, 6.07) is 9.71. The van der Waals surface area contributed by atoms with E-state index in [2.05, 4.69) is 21.2 Å². The van der Waals surface area contributed by atoms with Crippen LogP contribution in [0.3, 0.4) is 0 Å². The van der Waals surface area contributed by atoms with Gasteiger partial charge in [0.1, 0.15) is 6.07 Å². The Balaban J connectivity index is 2.39. The van der Waals surface area contributed by atoms with Crippen LogP contribution in [0.15, 0.2) is 34.8 Å². The summed E-state index contributed by atoms with van der Waals surface area (Å²) in [6.07, 6.45) is 0. The summed E-state index contributed by atoms with van der Waals surface area (Å²) in [7, 11) is 0. The molecule has 2 aromatic rings. The minimum atomic E-state index is -0.546. The molecule has 96 valence electrons. The number of benzene rings is 2. The van der Waals surface area contributed by atoms with E-state index in [4.69, 9.17) is 28.5 Å². The molecule has 19 heavy (non-hydrogen) atoms. The zero-order valence-electron chi connectivity index (χ0n) is 9.35. The van der Waals surface area contributed by atoms with Crippen LogP contribution in [-0.2, 0) is 0 Å². The molecule has 0 bridgehead atoms. The molecule has 2 rings (SSSR count). The Morgan fingerprint density at radius 2 is 1.79 bits per heavy atom. The first kappa shape index (κ1) is 14.1. The molecule has 0 aliphatic rings. The molecule has 0 unspecified atom stereocenters. The van der Waals surface area contributed by atoms with E-state index in [1.165, 1.54) is 12.1 Å². The second-order valence-electron chi connectivity index (χ2n) is 3.68. The van der Waals surface area contributed by atoms with Crippen molar-refractivity contribution in [2.75, 3.05) is 5.32 Å². The molecule has 2 aromatic carbocycles. The number of nitriles is 1. The number of hydrogen-bond donors (Lipinski definition) is 1. The molecule has 0 aliphatic carbocycles. The molecular formula is C13H6BrCl2FN2. The highest BCUT2D eigenvalue weighted by molar-refractivity contribution is 9.10. The smallest absolute Gasteiger partial charge is 0.162 e. The first-order valence-corrected chi connectivity index (χ1v) is 6.67. The van der Waals surface area contributed by atoms with Gasteiger partial charge in [0.2, 0.25) is 0 Å². The molecule has 0 atom stereocenters. The molecule has 0 aliphatic heterocycles. The molecule has 1 N–H and O–H groups in total. The Morgan fingerprint density at radius 1 is 1.16 bits per heavy atom. The van der Waals surface area contributed by atoms with Crippen LogP contribution < -0.4 is 5.32 Å². The third-order valence-electron chi connectivity index (χ3n) is 2.34. The van der Waals surface area contributed by atoms with Gasteiger partial charge in [0.05, 0.1) is 15.7 Å². The molecule has 2 nitrogen and oxygen atoms in total. The van der Waals surface area contributed by atoms with Gasteiger partial charge in [-0.25, -0.2) is 4.39 Å². The van der Waals surface area contributed by atoms with Crippen LogP contribution in [0, 0.1) is 17.1 Å². The molecule has 0 fully saturated rings. The van der Waals surface area contributed by atoms with Crippen LogP contribution in [0.25, 0.3) is 0 Å². The highest BCUT2D eigenvalue weighted by Gasteiger charge is 2.11.